The van der Waals surface area contributed by atoms with Crippen LogP contribution in [0.15, 0.2) is 40.3 Å². The van der Waals surface area contributed by atoms with Crippen molar-refractivity contribution in [2.75, 3.05) is 40.4 Å². The van der Waals surface area contributed by atoms with Crippen LogP contribution in [0.2, 0.25) is 0 Å². The third-order valence-electron chi connectivity index (χ3n) is 4.28. The summed E-state index contributed by atoms with van der Waals surface area (Å²) in [7, 11) is 4.14. The van der Waals surface area contributed by atoms with E-state index in [1.54, 1.807) is 0 Å². The number of hydrogen-bond acceptors (Lipinski definition) is 2. The molecule has 138 valence electrons. The molecule has 1 heterocycles. The molecule has 1 aromatic rings. The quantitative estimate of drug-likeness (QED) is 0.446. The van der Waals surface area contributed by atoms with Gasteiger partial charge in [-0.3, -0.25) is 0 Å². The number of hydrogen-bond donors (Lipinski definition) is 0. The summed E-state index contributed by atoms with van der Waals surface area (Å²) in [6.07, 6.45) is 5.96. The van der Waals surface area contributed by atoms with Gasteiger partial charge in [0.1, 0.15) is 5.84 Å². The van der Waals surface area contributed by atoms with Crippen molar-refractivity contribution in [1.29, 1.82) is 0 Å². The smallest absolute Gasteiger partial charge is 0.227 e. The molecule has 0 bridgehead atoms. The highest BCUT2D eigenvalue weighted by molar-refractivity contribution is 5.96. The zero-order valence-electron chi connectivity index (χ0n) is 15.9. The van der Waals surface area contributed by atoms with Gasteiger partial charge in [-0.05, 0) is 18.6 Å². The van der Waals surface area contributed by atoms with E-state index in [0.29, 0.717) is 0 Å². The van der Waals surface area contributed by atoms with Crippen molar-refractivity contribution in [1.82, 2.24) is 9.80 Å². The maximum Gasteiger partial charge on any atom is 0.227 e. The van der Waals surface area contributed by atoms with Crippen LogP contribution in [0.3, 0.4) is 0 Å². The molecule has 0 atom stereocenters. The van der Waals surface area contributed by atoms with Gasteiger partial charge >= 0.3 is 0 Å². The third-order valence-corrected chi connectivity index (χ3v) is 4.28. The molecule has 0 amide bonds. The summed E-state index contributed by atoms with van der Waals surface area (Å²) in [6, 6.07) is 10.1. The molecule has 1 aromatic carbocycles. The van der Waals surface area contributed by atoms with E-state index in [-0.39, 0.29) is 0 Å². The van der Waals surface area contributed by atoms with Gasteiger partial charge in [-0.25, -0.2) is 9.98 Å². The Hall–Kier alpha value is -1.88. The van der Waals surface area contributed by atoms with Gasteiger partial charge in [-0.1, -0.05) is 44.4 Å². The van der Waals surface area contributed by atoms with Gasteiger partial charge in [-0.15, -0.1) is 0 Å². The van der Waals surface area contributed by atoms with Crippen molar-refractivity contribution in [3.05, 3.63) is 30.3 Å². The van der Waals surface area contributed by atoms with Crippen LogP contribution in [0.5, 0.6) is 0 Å². The number of unbranched alkanes of at least 4 members (excludes halogenated alkanes) is 3. The number of rotatable bonds is 6. The van der Waals surface area contributed by atoms with E-state index in [9.17, 15) is 0 Å². The van der Waals surface area contributed by atoms with Gasteiger partial charge in [0.05, 0.1) is 18.9 Å². The minimum atomic E-state index is 0.733. The second-order valence-electron chi connectivity index (χ2n) is 6.58. The molecule has 1 saturated heterocycles. The molecule has 0 radical (unpaired) electrons. The number of para-hydroxylation sites is 1. The Kier molecular flexibility index (Phi) is 8.46. The molecule has 0 spiro atoms. The lowest BCUT2D eigenvalue weighted by molar-refractivity contribution is 0.0676. The number of morpholine rings is 1. The fraction of sp³-hybridized carbons (Fsp3) is 0.600. The van der Waals surface area contributed by atoms with Crippen LogP contribution in [0.4, 0.5) is 5.69 Å². The Morgan fingerprint density at radius 1 is 1.08 bits per heavy atom. The van der Waals surface area contributed by atoms with Crippen molar-refractivity contribution in [3.8, 4) is 0 Å². The van der Waals surface area contributed by atoms with Gasteiger partial charge in [-0.2, -0.15) is 0 Å². The molecular weight excluding hydrogens is 312 g/mol. The van der Waals surface area contributed by atoms with Gasteiger partial charge < -0.3 is 14.5 Å². The molecule has 2 rings (SSSR count). The number of aliphatic imine (C=N–C) groups is 2. The first-order valence-electron chi connectivity index (χ1n) is 9.42. The molecule has 1 aliphatic heterocycles. The lowest BCUT2D eigenvalue weighted by Gasteiger charge is -2.28. The summed E-state index contributed by atoms with van der Waals surface area (Å²) >= 11 is 0. The molecule has 25 heavy (non-hydrogen) atoms. The summed E-state index contributed by atoms with van der Waals surface area (Å²) in [5, 5.41) is 0. The van der Waals surface area contributed by atoms with E-state index in [1.807, 2.05) is 30.3 Å². The van der Waals surface area contributed by atoms with Crippen LogP contribution in [-0.4, -0.2) is 62.0 Å². The first-order valence-corrected chi connectivity index (χ1v) is 9.42. The van der Waals surface area contributed by atoms with E-state index >= 15 is 0 Å². The van der Waals surface area contributed by atoms with Crippen LogP contribution >= 0.6 is 0 Å². The Labute approximate surface area is 152 Å². The van der Waals surface area contributed by atoms with E-state index in [2.05, 4.69) is 30.8 Å². The average Bonchev–Trinajstić information content (AvgIpc) is 2.64. The lowest BCUT2D eigenvalue weighted by Crippen LogP contribution is -2.41. The van der Waals surface area contributed by atoms with Gasteiger partial charge in [0.15, 0.2) is 0 Å². The topological polar surface area (TPSA) is 40.4 Å². The van der Waals surface area contributed by atoms with Crippen LogP contribution in [0.1, 0.15) is 39.0 Å². The number of benzene rings is 1. The molecule has 0 aromatic heterocycles. The predicted octanol–water partition coefficient (Wildman–Crippen LogP) is 3.94. The fourth-order valence-electron chi connectivity index (χ4n) is 2.75. The van der Waals surface area contributed by atoms with Crippen molar-refractivity contribution in [2.45, 2.75) is 39.0 Å². The fourth-order valence-corrected chi connectivity index (χ4v) is 2.75. The SMILES string of the molecule is CCCCCCC(=NC(=Nc1ccccc1)N1CCOCC1)N(C)C. The molecule has 1 fully saturated rings. The number of amidine groups is 1. The van der Waals surface area contributed by atoms with Gasteiger partial charge in [0.25, 0.3) is 0 Å². The number of ether oxygens (including phenoxy) is 1. The highest BCUT2D eigenvalue weighted by Gasteiger charge is 2.16. The highest BCUT2D eigenvalue weighted by atomic mass is 16.5. The maximum atomic E-state index is 5.49. The van der Waals surface area contributed by atoms with Gasteiger partial charge in [0.2, 0.25) is 5.96 Å². The lowest BCUT2D eigenvalue weighted by atomic mass is 10.1. The Morgan fingerprint density at radius 2 is 1.80 bits per heavy atom. The van der Waals surface area contributed by atoms with Crippen LogP contribution in [0.25, 0.3) is 0 Å². The van der Waals surface area contributed by atoms with Crippen molar-refractivity contribution >= 4 is 17.5 Å². The van der Waals surface area contributed by atoms with Crippen LogP contribution in [0, 0.1) is 0 Å². The molecule has 0 saturated carbocycles. The van der Waals surface area contributed by atoms with E-state index in [1.165, 1.54) is 25.7 Å². The molecule has 0 unspecified atom stereocenters. The predicted molar refractivity (Wildman–Crippen MR) is 106 cm³/mol. The maximum absolute atomic E-state index is 5.49. The van der Waals surface area contributed by atoms with E-state index < -0.39 is 0 Å². The normalized spacial score (nSPS) is 16.2. The number of guanidine groups is 1. The molecule has 0 N–H and O–H groups in total. The average molecular weight is 345 g/mol. The van der Waals surface area contributed by atoms with E-state index in [0.717, 1.165) is 50.2 Å². The van der Waals surface area contributed by atoms with Crippen LogP contribution in [-0.2, 0) is 4.74 Å². The van der Waals surface area contributed by atoms with Crippen molar-refractivity contribution in [2.24, 2.45) is 9.98 Å². The Balaban J connectivity index is 2.20. The first kappa shape index (κ1) is 19.4. The summed E-state index contributed by atoms with van der Waals surface area (Å²) < 4.78 is 5.49. The minimum Gasteiger partial charge on any atom is -0.378 e. The summed E-state index contributed by atoms with van der Waals surface area (Å²) in [6.45, 7) is 5.38. The molecule has 0 aliphatic carbocycles. The monoisotopic (exact) mass is 344 g/mol. The Morgan fingerprint density at radius 3 is 2.44 bits per heavy atom. The molecular formula is C20H32N4O. The summed E-state index contributed by atoms with van der Waals surface area (Å²) in [5.41, 5.74) is 0.942. The molecule has 5 nitrogen and oxygen atoms in total. The summed E-state index contributed by atoms with van der Waals surface area (Å²) in [4.78, 5) is 14.1. The Bertz CT molecular complexity index is 548. The highest BCUT2D eigenvalue weighted by Crippen LogP contribution is 2.14. The minimum absolute atomic E-state index is 0.733. The second kappa shape index (κ2) is 10.9. The van der Waals surface area contributed by atoms with Crippen molar-refractivity contribution in [3.63, 3.8) is 0 Å². The van der Waals surface area contributed by atoms with Gasteiger partial charge in [0, 0.05) is 33.6 Å². The second-order valence-corrected chi connectivity index (χ2v) is 6.58. The number of nitrogens with zero attached hydrogens (tertiary/aromatic N) is 4. The standard InChI is InChI=1S/C20H32N4O/c1-4-5-6-10-13-19(23(2)3)22-20(24-14-16-25-17-15-24)21-18-11-8-7-9-12-18/h7-9,11-12H,4-6,10,13-17H2,1-3H3. The summed E-state index contributed by atoms with van der Waals surface area (Å²) in [5.74, 6) is 1.89. The molecule has 1 aliphatic rings. The zero-order valence-corrected chi connectivity index (χ0v) is 15.9. The molecule has 5 heteroatoms. The van der Waals surface area contributed by atoms with Crippen LogP contribution < -0.4 is 0 Å². The zero-order chi connectivity index (χ0) is 17.9. The van der Waals surface area contributed by atoms with Crippen molar-refractivity contribution < 1.29 is 4.74 Å². The third kappa shape index (κ3) is 6.86. The first-order chi connectivity index (χ1) is 12.2. The van der Waals surface area contributed by atoms with E-state index in [4.69, 9.17) is 14.7 Å². The largest absolute Gasteiger partial charge is 0.378 e.